The maximum atomic E-state index is 3.78. The molecular formula is C13H25N. The Morgan fingerprint density at radius 1 is 1.07 bits per heavy atom. The van der Waals surface area contributed by atoms with E-state index in [0.717, 1.165) is 17.9 Å². The van der Waals surface area contributed by atoms with E-state index >= 15 is 0 Å². The summed E-state index contributed by atoms with van der Waals surface area (Å²) >= 11 is 0. The lowest BCUT2D eigenvalue weighted by molar-refractivity contribution is 0.0998. The Morgan fingerprint density at radius 2 is 1.79 bits per heavy atom. The minimum Gasteiger partial charge on any atom is -0.313 e. The second-order valence-corrected chi connectivity index (χ2v) is 6.36. The molecule has 2 aliphatic rings. The van der Waals surface area contributed by atoms with Crippen LogP contribution in [0, 0.1) is 17.3 Å². The minimum absolute atomic E-state index is 0.495. The van der Waals surface area contributed by atoms with Crippen LogP contribution in [0.15, 0.2) is 0 Å². The Kier molecular flexibility index (Phi) is 2.88. The molecule has 1 saturated heterocycles. The highest BCUT2D eigenvalue weighted by atomic mass is 14.9. The van der Waals surface area contributed by atoms with Crippen LogP contribution in [-0.4, -0.2) is 12.6 Å². The fraction of sp³-hybridized carbons (Fsp3) is 1.00. The quantitative estimate of drug-likeness (QED) is 0.626. The molecule has 0 spiro atoms. The van der Waals surface area contributed by atoms with Crippen LogP contribution in [0.2, 0.25) is 0 Å². The van der Waals surface area contributed by atoms with Crippen LogP contribution in [0.25, 0.3) is 0 Å². The second kappa shape index (κ2) is 3.84. The predicted molar refractivity (Wildman–Crippen MR) is 61.3 cm³/mol. The number of rotatable bonds is 0. The first kappa shape index (κ1) is 10.5. The average molecular weight is 195 g/mol. The Bertz CT molecular complexity index is 192. The molecule has 0 radical (unpaired) electrons. The zero-order valence-electron chi connectivity index (χ0n) is 9.97. The van der Waals surface area contributed by atoms with Gasteiger partial charge in [0.05, 0.1) is 0 Å². The third-order valence-corrected chi connectivity index (χ3v) is 4.35. The van der Waals surface area contributed by atoms with Crippen molar-refractivity contribution >= 4 is 0 Å². The number of piperidine rings is 1. The number of nitrogens with one attached hydrogen (secondary N) is 1. The first-order chi connectivity index (χ1) is 6.57. The lowest BCUT2D eigenvalue weighted by Crippen LogP contribution is -2.49. The van der Waals surface area contributed by atoms with Gasteiger partial charge in [0, 0.05) is 6.04 Å². The zero-order chi connectivity index (χ0) is 10.2. The monoisotopic (exact) mass is 195 g/mol. The molecule has 0 aromatic heterocycles. The molecule has 1 aliphatic heterocycles. The molecule has 3 atom stereocenters. The molecule has 14 heavy (non-hydrogen) atoms. The molecule has 3 unspecified atom stereocenters. The molecule has 2 fully saturated rings. The van der Waals surface area contributed by atoms with Gasteiger partial charge in [0.25, 0.3) is 0 Å². The Hall–Kier alpha value is -0.0400. The van der Waals surface area contributed by atoms with Crippen molar-refractivity contribution < 1.29 is 0 Å². The van der Waals surface area contributed by atoms with Gasteiger partial charge in [-0.15, -0.1) is 0 Å². The molecule has 1 aliphatic carbocycles. The Balaban J connectivity index is 1.96. The van der Waals surface area contributed by atoms with Crippen molar-refractivity contribution in [3.63, 3.8) is 0 Å². The highest BCUT2D eigenvalue weighted by Crippen LogP contribution is 2.39. The largest absolute Gasteiger partial charge is 0.313 e. The van der Waals surface area contributed by atoms with E-state index in [0.29, 0.717) is 5.41 Å². The highest BCUT2D eigenvalue weighted by molar-refractivity contribution is 4.91. The van der Waals surface area contributed by atoms with Crippen LogP contribution in [0.4, 0.5) is 0 Å². The van der Waals surface area contributed by atoms with E-state index in [-0.39, 0.29) is 0 Å². The molecular weight excluding hydrogens is 170 g/mol. The van der Waals surface area contributed by atoms with E-state index in [1.54, 1.807) is 0 Å². The molecule has 82 valence electrons. The smallest absolute Gasteiger partial charge is 0.00955 e. The second-order valence-electron chi connectivity index (χ2n) is 6.36. The van der Waals surface area contributed by atoms with Crippen molar-refractivity contribution in [3.05, 3.63) is 0 Å². The predicted octanol–water partition coefficient (Wildman–Crippen LogP) is 3.20. The molecule has 2 rings (SSSR count). The normalized spacial score (nSPS) is 39.2. The van der Waals surface area contributed by atoms with Crippen molar-refractivity contribution in [3.8, 4) is 0 Å². The molecule has 1 heterocycles. The summed E-state index contributed by atoms with van der Waals surface area (Å²) in [4.78, 5) is 0. The van der Waals surface area contributed by atoms with Crippen LogP contribution in [0.5, 0.6) is 0 Å². The van der Waals surface area contributed by atoms with Gasteiger partial charge in [-0.2, -0.15) is 0 Å². The Morgan fingerprint density at radius 3 is 2.50 bits per heavy atom. The van der Waals surface area contributed by atoms with Gasteiger partial charge in [0.2, 0.25) is 0 Å². The maximum absolute atomic E-state index is 3.78. The first-order valence-electron chi connectivity index (χ1n) is 6.31. The lowest BCUT2D eigenvalue weighted by atomic mass is 9.68. The zero-order valence-corrected chi connectivity index (χ0v) is 9.97. The van der Waals surface area contributed by atoms with Gasteiger partial charge >= 0.3 is 0 Å². The van der Waals surface area contributed by atoms with Gasteiger partial charge in [-0.3, -0.25) is 0 Å². The van der Waals surface area contributed by atoms with Crippen molar-refractivity contribution in [2.75, 3.05) is 6.54 Å². The fourth-order valence-electron chi connectivity index (χ4n) is 3.16. The summed E-state index contributed by atoms with van der Waals surface area (Å²) < 4.78 is 0. The summed E-state index contributed by atoms with van der Waals surface area (Å²) in [6.07, 6.45) is 7.31. The lowest BCUT2D eigenvalue weighted by Gasteiger charge is -2.44. The molecule has 1 heteroatoms. The summed E-state index contributed by atoms with van der Waals surface area (Å²) in [6, 6.07) is 0.863. The van der Waals surface area contributed by atoms with Crippen LogP contribution in [0.1, 0.15) is 52.9 Å². The summed E-state index contributed by atoms with van der Waals surface area (Å²) in [5.41, 5.74) is 0.495. The van der Waals surface area contributed by atoms with E-state index in [4.69, 9.17) is 0 Å². The molecule has 1 saturated carbocycles. The van der Waals surface area contributed by atoms with Crippen molar-refractivity contribution in [1.29, 1.82) is 0 Å². The third-order valence-electron chi connectivity index (χ3n) is 4.35. The number of hydrogen-bond donors (Lipinski definition) is 1. The van der Waals surface area contributed by atoms with E-state index in [2.05, 4.69) is 26.1 Å². The first-order valence-corrected chi connectivity index (χ1v) is 6.31. The Labute approximate surface area is 88.7 Å². The van der Waals surface area contributed by atoms with Gasteiger partial charge < -0.3 is 5.32 Å². The maximum Gasteiger partial charge on any atom is 0.00955 e. The molecule has 0 aromatic rings. The molecule has 1 nitrogen and oxygen atoms in total. The van der Waals surface area contributed by atoms with Crippen LogP contribution in [-0.2, 0) is 0 Å². The van der Waals surface area contributed by atoms with Gasteiger partial charge in [0.15, 0.2) is 0 Å². The van der Waals surface area contributed by atoms with Crippen molar-refractivity contribution in [2.45, 2.75) is 58.9 Å². The minimum atomic E-state index is 0.495. The summed E-state index contributed by atoms with van der Waals surface area (Å²) in [6.45, 7) is 8.43. The number of hydrogen-bond acceptors (Lipinski definition) is 1. The topological polar surface area (TPSA) is 12.0 Å². The molecule has 0 bridgehead atoms. The van der Waals surface area contributed by atoms with Crippen LogP contribution >= 0.6 is 0 Å². The molecule has 0 amide bonds. The fourth-order valence-corrected chi connectivity index (χ4v) is 3.16. The third kappa shape index (κ3) is 2.13. The summed E-state index contributed by atoms with van der Waals surface area (Å²) in [7, 11) is 0. The SMILES string of the molecule is CC(C)(C)C1CNC2CCCCC2C1. The van der Waals surface area contributed by atoms with Crippen molar-refractivity contribution in [2.24, 2.45) is 17.3 Å². The molecule has 1 N–H and O–H groups in total. The average Bonchev–Trinajstić information content (AvgIpc) is 2.16. The number of fused-ring (bicyclic) bond motifs is 1. The van der Waals surface area contributed by atoms with Gasteiger partial charge in [0.1, 0.15) is 0 Å². The van der Waals surface area contributed by atoms with Gasteiger partial charge in [-0.1, -0.05) is 33.6 Å². The van der Waals surface area contributed by atoms with E-state index in [9.17, 15) is 0 Å². The highest BCUT2D eigenvalue weighted by Gasteiger charge is 2.36. The molecule has 0 aromatic carbocycles. The van der Waals surface area contributed by atoms with Crippen LogP contribution in [0.3, 0.4) is 0 Å². The van der Waals surface area contributed by atoms with Crippen LogP contribution < -0.4 is 5.32 Å². The van der Waals surface area contributed by atoms with Gasteiger partial charge in [-0.25, -0.2) is 0 Å². The van der Waals surface area contributed by atoms with E-state index in [1.165, 1.54) is 38.6 Å². The van der Waals surface area contributed by atoms with Crippen molar-refractivity contribution in [1.82, 2.24) is 5.32 Å². The summed E-state index contributed by atoms with van der Waals surface area (Å²) in [5.74, 6) is 1.88. The van der Waals surface area contributed by atoms with E-state index < -0.39 is 0 Å². The van der Waals surface area contributed by atoms with E-state index in [1.807, 2.05) is 0 Å². The summed E-state index contributed by atoms with van der Waals surface area (Å²) in [5, 5.41) is 3.78. The van der Waals surface area contributed by atoms with Gasteiger partial charge in [-0.05, 0) is 43.1 Å². The standard InChI is InChI=1S/C13H25N/c1-13(2,3)11-8-10-6-4-5-7-12(10)14-9-11/h10-12,14H,4-9H2,1-3H3.